The Balaban J connectivity index is 0.00000261. The fourth-order valence-corrected chi connectivity index (χ4v) is 4.14. The molecule has 1 amide bonds. The van der Waals surface area contributed by atoms with Gasteiger partial charge in [-0.1, -0.05) is 31.4 Å². The van der Waals surface area contributed by atoms with Crippen molar-refractivity contribution in [3.8, 4) is 0 Å². The molecule has 0 unspecified atom stereocenters. The van der Waals surface area contributed by atoms with Crippen LogP contribution >= 0.6 is 37.2 Å². The quantitative estimate of drug-likeness (QED) is 0.628. The van der Waals surface area contributed by atoms with Crippen molar-refractivity contribution in [2.45, 2.75) is 51.0 Å². The highest BCUT2D eigenvalue weighted by Gasteiger charge is 2.34. The van der Waals surface area contributed by atoms with Crippen LogP contribution in [0.4, 0.5) is 5.69 Å². The second kappa shape index (κ2) is 13.6. The van der Waals surface area contributed by atoms with Crippen LogP contribution in [0.15, 0.2) is 24.3 Å². The van der Waals surface area contributed by atoms with Gasteiger partial charge < -0.3 is 16.0 Å². The molecule has 29 heavy (non-hydrogen) atoms. The van der Waals surface area contributed by atoms with Crippen molar-refractivity contribution in [3.05, 3.63) is 29.8 Å². The number of carbonyl (C=O) groups excluding carboxylic acids is 1. The molecule has 3 rings (SSSR count). The monoisotopic (exact) mass is 466 g/mol. The fraction of sp³-hybridized carbons (Fsp3) is 0.667. The van der Waals surface area contributed by atoms with Crippen molar-refractivity contribution in [1.82, 2.24) is 10.2 Å². The molecule has 8 heteroatoms. The van der Waals surface area contributed by atoms with Crippen LogP contribution in [0.2, 0.25) is 0 Å². The predicted molar refractivity (Wildman–Crippen MR) is 129 cm³/mol. The summed E-state index contributed by atoms with van der Waals surface area (Å²) in [4.78, 5) is 17.3. The summed E-state index contributed by atoms with van der Waals surface area (Å²) < 4.78 is 0. The maximum Gasteiger partial charge on any atom is 0.240 e. The number of benzene rings is 1. The van der Waals surface area contributed by atoms with E-state index in [2.05, 4.69) is 46.3 Å². The zero-order valence-corrected chi connectivity index (χ0v) is 19.8. The number of aryl methyl sites for hydroxylation is 1. The summed E-state index contributed by atoms with van der Waals surface area (Å²) in [5.41, 5.74) is 8.31. The van der Waals surface area contributed by atoms with Crippen LogP contribution in [0.1, 0.15) is 44.1 Å². The molecule has 1 aromatic carbocycles. The number of nitrogens with zero attached hydrogens (tertiary/aromatic N) is 2. The first-order valence-corrected chi connectivity index (χ1v) is 10.2. The van der Waals surface area contributed by atoms with E-state index in [1.807, 2.05) is 0 Å². The number of rotatable bonds is 6. The van der Waals surface area contributed by atoms with E-state index < -0.39 is 5.54 Å². The van der Waals surface area contributed by atoms with Crippen LogP contribution in [-0.2, 0) is 4.79 Å². The number of amides is 1. The molecule has 0 radical (unpaired) electrons. The highest BCUT2D eigenvalue weighted by atomic mass is 35.5. The van der Waals surface area contributed by atoms with Crippen molar-refractivity contribution in [1.29, 1.82) is 0 Å². The van der Waals surface area contributed by atoms with E-state index in [1.165, 1.54) is 17.7 Å². The Labute approximate surface area is 194 Å². The van der Waals surface area contributed by atoms with E-state index in [1.54, 1.807) is 0 Å². The first-order chi connectivity index (χ1) is 12.6. The maximum atomic E-state index is 12.3. The van der Waals surface area contributed by atoms with Gasteiger partial charge in [-0.25, -0.2) is 0 Å². The SMILES string of the molecule is Cc1cccc(N2CCN(CCCNC(=O)C3(N)CCCCC3)CC2)c1.Cl.Cl.Cl. The van der Waals surface area contributed by atoms with Crippen molar-refractivity contribution >= 4 is 48.8 Å². The summed E-state index contributed by atoms with van der Waals surface area (Å²) >= 11 is 0. The Morgan fingerprint density at radius 2 is 1.72 bits per heavy atom. The van der Waals surface area contributed by atoms with Gasteiger partial charge in [-0.15, -0.1) is 37.2 Å². The number of hydrogen-bond acceptors (Lipinski definition) is 4. The van der Waals surface area contributed by atoms with Crippen LogP contribution in [0.3, 0.4) is 0 Å². The highest BCUT2D eigenvalue weighted by Crippen LogP contribution is 2.25. The number of anilines is 1. The zero-order valence-electron chi connectivity index (χ0n) is 17.4. The molecule has 3 N–H and O–H groups in total. The Hall–Kier alpha value is -0.720. The van der Waals surface area contributed by atoms with E-state index in [0.29, 0.717) is 0 Å². The van der Waals surface area contributed by atoms with Gasteiger partial charge in [0.1, 0.15) is 0 Å². The smallest absolute Gasteiger partial charge is 0.240 e. The average molecular weight is 468 g/mol. The summed E-state index contributed by atoms with van der Waals surface area (Å²) in [6, 6.07) is 8.74. The zero-order chi connectivity index (χ0) is 18.4. The second-order valence-electron chi connectivity index (χ2n) is 7.99. The molecule has 0 bridgehead atoms. The molecule has 2 fully saturated rings. The van der Waals surface area contributed by atoms with E-state index in [0.717, 1.165) is 71.4 Å². The Kier molecular flexibility index (Phi) is 13.2. The lowest BCUT2D eigenvalue weighted by molar-refractivity contribution is -0.127. The third kappa shape index (κ3) is 8.14. The van der Waals surface area contributed by atoms with Gasteiger partial charge in [0.05, 0.1) is 5.54 Å². The topological polar surface area (TPSA) is 61.6 Å². The largest absolute Gasteiger partial charge is 0.369 e. The number of hydrogen-bond donors (Lipinski definition) is 2. The van der Waals surface area contributed by atoms with Gasteiger partial charge in [-0.3, -0.25) is 9.69 Å². The van der Waals surface area contributed by atoms with Gasteiger partial charge >= 0.3 is 0 Å². The molecule has 1 aliphatic carbocycles. The molecule has 0 atom stereocenters. The molecule has 168 valence electrons. The lowest BCUT2D eigenvalue weighted by atomic mass is 9.82. The fourth-order valence-electron chi connectivity index (χ4n) is 4.14. The van der Waals surface area contributed by atoms with E-state index >= 15 is 0 Å². The first kappa shape index (κ1) is 28.3. The molecule has 1 aliphatic heterocycles. The Morgan fingerprint density at radius 1 is 1.07 bits per heavy atom. The third-order valence-corrected chi connectivity index (χ3v) is 5.87. The van der Waals surface area contributed by atoms with Crippen molar-refractivity contribution in [2.75, 3.05) is 44.2 Å². The maximum absolute atomic E-state index is 12.3. The van der Waals surface area contributed by atoms with Gasteiger partial charge in [-0.2, -0.15) is 0 Å². The average Bonchev–Trinajstić information content (AvgIpc) is 2.66. The van der Waals surface area contributed by atoms with Crippen LogP contribution in [0, 0.1) is 6.92 Å². The number of nitrogens with one attached hydrogen (secondary N) is 1. The lowest BCUT2D eigenvalue weighted by Gasteiger charge is -2.36. The van der Waals surface area contributed by atoms with Crippen LogP contribution in [0.25, 0.3) is 0 Å². The summed E-state index contributed by atoms with van der Waals surface area (Å²) in [5, 5.41) is 3.07. The molecule has 0 spiro atoms. The molecule has 0 aromatic heterocycles. The Morgan fingerprint density at radius 3 is 2.34 bits per heavy atom. The molecule has 1 saturated carbocycles. The normalized spacial score (nSPS) is 18.6. The van der Waals surface area contributed by atoms with E-state index in [4.69, 9.17) is 5.73 Å². The van der Waals surface area contributed by atoms with Gasteiger partial charge in [0, 0.05) is 38.4 Å². The molecule has 1 aromatic rings. The minimum absolute atomic E-state index is 0. The van der Waals surface area contributed by atoms with Gasteiger partial charge in [0.15, 0.2) is 0 Å². The van der Waals surface area contributed by atoms with Crippen LogP contribution in [0.5, 0.6) is 0 Å². The second-order valence-corrected chi connectivity index (χ2v) is 7.99. The number of carbonyl (C=O) groups is 1. The molecule has 1 saturated heterocycles. The summed E-state index contributed by atoms with van der Waals surface area (Å²) in [6.45, 7) is 8.23. The van der Waals surface area contributed by atoms with Crippen LogP contribution < -0.4 is 16.0 Å². The van der Waals surface area contributed by atoms with E-state index in [-0.39, 0.29) is 43.1 Å². The molecular weight excluding hydrogens is 431 g/mol. The van der Waals surface area contributed by atoms with Crippen molar-refractivity contribution in [2.24, 2.45) is 5.73 Å². The molecule has 5 nitrogen and oxygen atoms in total. The lowest BCUT2D eigenvalue weighted by Crippen LogP contribution is -2.55. The molecular formula is C21H37Cl3N4O. The summed E-state index contributed by atoms with van der Waals surface area (Å²) in [5.74, 6) is 0.0569. The third-order valence-electron chi connectivity index (χ3n) is 5.87. The number of nitrogens with two attached hydrogens (primary N) is 1. The van der Waals surface area contributed by atoms with Gasteiger partial charge in [0.2, 0.25) is 5.91 Å². The minimum Gasteiger partial charge on any atom is -0.369 e. The predicted octanol–water partition coefficient (Wildman–Crippen LogP) is 3.55. The van der Waals surface area contributed by atoms with Gasteiger partial charge in [0.25, 0.3) is 0 Å². The molecule has 2 aliphatic rings. The highest BCUT2D eigenvalue weighted by molar-refractivity contribution is 5.86. The minimum atomic E-state index is -0.613. The van der Waals surface area contributed by atoms with Gasteiger partial charge in [-0.05, 0) is 50.4 Å². The first-order valence-electron chi connectivity index (χ1n) is 10.2. The summed E-state index contributed by atoms with van der Waals surface area (Å²) in [7, 11) is 0. The molecule has 1 heterocycles. The number of piperazine rings is 1. The number of halogens is 3. The van der Waals surface area contributed by atoms with E-state index in [9.17, 15) is 4.79 Å². The van der Waals surface area contributed by atoms with Crippen molar-refractivity contribution in [3.63, 3.8) is 0 Å². The van der Waals surface area contributed by atoms with Crippen molar-refractivity contribution < 1.29 is 4.79 Å². The standard InChI is InChI=1S/C21H34N4O.3ClH/c1-18-7-5-8-19(17-18)25-15-13-24(14-16-25)12-6-11-23-20(26)21(22)9-3-2-4-10-21;;;/h5,7-8,17H,2-4,6,9-16,22H2,1H3,(H,23,26);3*1H. The Bertz CT molecular complexity index is 603. The van der Waals surface area contributed by atoms with Crippen LogP contribution in [-0.4, -0.2) is 55.6 Å². The summed E-state index contributed by atoms with van der Waals surface area (Å²) in [6.07, 6.45) is 6.02.